The Morgan fingerprint density at radius 2 is 2.14 bits per heavy atom. The largest absolute Gasteiger partial charge is 0.398 e. The molecule has 0 saturated heterocycles. The van der Waals surface area contributed by atoms with Crippen LogP contribution in [-0.4, -0.2) is 48.2 Å². The first-order valence-electron chi connectivity index (χ1n) is 5.85. The van der Waals surface area contributed by atoms with Gasteiger partial charge in [0.05, 0.1) is 18.0 Å². The van der Waals surface area contributed by atoms with Gasteiger partial charge in [0.1, 0.15) is 0 Å². The lowest BCUT2D eigenvalue weighted by Gasteiger charge is -2.18. The molecule has 1 rings (SSSR count). The van der Waals surface area contributed by atoms with E-state index in [9.17, 15) is 18.0 Å². The maximum atomic E-state index is 12.3. The zero-order valence-corrected chi connectivity index (χ0v) is 12.6. The number of carbonyl (C=O) groups excluding carboxylic acids is 1. The lowest BCUT2D eigenvalue weighted by molar-refractivity contribution is -0.105. The van der Waals surface area contributed by atoms with Gasteiger partial charge in [-0.2, -0.15) is 13.2 Å². The van der Waals surface area contributed by atoms with E-state index in [1.807, 2.05) is 0 Å². The number of hydrogen-bond acceptors (Lipinski definition) is 3. The molecule has 0 saturated carbocycles. The maximum absolute atomic E-state index is 12.3. The van der Waals surface area contributed by atoms with Gasteiger partial charge < -0.3 is 15.3 Å². The predicted octanol–water partition coefficient (Wildman–Crippen LogP) is 3.45. The first kappa shape index (κ1) is 17.9. The smallest absolute Gasteiger partial charge is 0.395 e. The molecule has 0 atom stereocenters. The highest BCUT2D eigenvalue weighted by Crippen LogP contribution is 2.34. The number of thioether (sulfide) groups is 1. The Labute approximate surface area is 129 Å². The molecule has 118 valence electrons. The minimum absolute atomic E-state index is 0.109. The summed E-state index contributed by atoms with van der Waals surface area (Å²) in [5.74, 6) is -1.07. The van der Waals surface area contributed by atoms with E-state index in [-0.39, 0.29) is 23.7 Å². The van der Waals surface area contributed by atoms with Crippen LogP contribution in [0.4, 0.5) is 23.7 Å². The van der Waals surface area contributed by atoms with Gasteiger partial charge in [-0.3, -0.25) is 0 Å². The van der Waals surface area contributed by atoms with Gasteiger partial charge in [-0.15, -0.1) is 11.8 Å². The van der Waals surface area contributed by atoms with E-state index in [1.54, 1.807) is 0 Å². The molecular weight excluding hydrogens is 329 g/mol. The first-order chi connectivity index (χ1) is 9.73. The summed E-state index contributed by atoms with van der Waals surface area (Å²) >= 11 is 6.36. The standard InChI is InChI=1S/C12H14ClF3N2O2S/c1-18(4-5-19)11(20)17-9-6-8(13)2-3-10(9)21-7-12(14,15)16/h2-3,6,19H,4-5,7H2,1H3,(H,17,20). The molecule has 21 heavy (non-hydrogen) atoms. The van der Waals surface area contributed by atoms with Gasteiger partial charge in [0.15, 0.2) is 0 Å². The van der Waals surface area contributed by atoms with Crippen molar-refractivity contribution in [3.05, 3.63) is 23.2 Å². The molecule has 0 radical (unpaired) electrons. The van der Waals surface area contributed by atoms with Crippen LogP contribution in [0.15, 0.2) is 23.1 Å². The molecule has 2 amide bonds. The van der Waals surface area contributed by atoms with Crippen LogP contribution in [-0.2, 0) is 0 Å². The van der Waals surface area contributed by atoms with Crippen molar-refractivity contribution in [2.24, 2.45) is 0 Å². The quantitative estimate of drug-likeness (QED) is 0.806. The predicted molar refractivity (Wildman–Crippen MR) is 77.0 cm³/mol. The Morgan fingerprint density at radius 3 is 2.71 bits per heavy atom. The highest BCUT2D eigenvalue weighted by atomic mass is 35.5. The van der Waals surface area contributed by atoms with Crippen LogP contribution in [0.1, 0.15) is 0 Å². The normalized spacial score (nSPS) is 11.3. The van der Waals surface area contributed by atoms with Gasteiger partial charge in [0.25, 0.3) is 0 Å². The molecule has 2 N–H and O–H groups in total. The number of nitrogens with zero attached hydrogens (tertiary/aromatic N) is 1. The zero-order valence-electron chi connectivity index (χ0n) is 11.1. The lowest BCUT2D eigenvalue weighted by atomic mass is 10.3. The number of carbonyl (C=O) groups is 1. The fourth-order valence-corrected chi connectivity index (χ4v) is 2.27. The number of likely N-dealkylation sites (N-methyl/N-ethyl adjacent to an activating group) is 1. The van der Waals surface area contributed by atoms with Gasteiger partial charge in [-0.05, 0) is 18.2 Å². The number of rotatable bonds is 5. The fourth-order valence-electron chi connectivity index (χ4n) is 1.35. The van der Waals surface area contributed by atoms with Crippen LogP contribution in [0.25, 0.3) is 0 Å². The SMILES string of the molecule is CN(CCO)C(=O)Nc1cc(Cl)ccc1SCC(F)(F)F. The summed E-state index contributed by atoms with van der Waals surface area (Å²) in [7, 11) is 1.46. The van der Waals surface area contributed by atoms with E-state index in [0.29, 0.717) is 16.8 Å². The highest BCUT2D eigenvalue weighted by Gasteiger charge is 2.28. The van der Waals surface area contributed by atoms with Crippen LogP contribution in [0.5, 0.6) is 0 Å². The molecule has 0 aromatic heterocycles. The second-order valence-corrected chi connectivity index (χ2v) is 5.57. The fraction of sp³-hybridized carbons (Fsp3) is 0.417. The van der Waals surface area contributed by atoms with Crippen LogP contribution in [0.3, 0.4) is 0 Å². The summed E-state index contributed by atoms with van der Waals surface area (Å²) in [4.78, 5) is 13.3. The van der Waals surface area contributed by atoms with Crippen LogP contribution in [0.2, 0.25) is 5.02 Å². The van der Waals surface area contributed by atoms with Gasteiger partial charge in [0, 0.05) is 23.5 Å². The third kappa shape index (κ3) is 6.45. The third-order valence-electron chi connectivity index (χ3n) is 2.36. The Morgan fingerprint density at radius 1 is 1.48 bits per heavy atom. The van der Waals surface area contributed by atoms with Crippen molar-refractivity contribution < 1.29 is 23.1 Å². The molecule has 0 unspecified atom stereocenters. The molecule has 0 heterocycles. The topological polar surface area (TPSA) is 52.6 Å². The Hall–Kier alpha value is -1.12. The van der Waals surface area contributed by atoms with Crippen molar-refractivity contribution in [1.29, 1.82) is 0 Å². The molecule has 0 aliphatic rings. The number of amides is 2. The minimum Gasteiger partial charge on any atom is -0.395 e. The van der Waals surface area contributed by atoms with E-state index in [1.165, 1.54) is 30.1 Å². The van der Waals surface area contributed by atoms with Gasteiger partial charge >= 0.3 is 12.2 Å². The number of hydrogen-bond donors (Lipinski definition) is 2. The number of anilines is 1. The van der Waals surface area contributed by atoms with Gasteiger partial charge in [-0.1, -0.05) is 11.6 Å². The molecule has 0 spiro atoms. The number of aliphatic hydroxyl groups is 1. The van der Waals surface area contributed by atoms with Crippen molar-refractivity contribution >= 4 is 35.1 Å². The van der Waals surface area contributed by atoms with Crippen molar-refractivity contribution in [3.8, 4) is 0 Å². The van der Waals surface area contributed by atoms with Gasteiger partial charge in [0.2, 0.25) is 0 Å². The average molecular weight is 343 g/mol. The second-order valence-electron chi connectivity index (χ2n) is 4.12. The highest BCUT2D eigenvalue weighted by molar-refractivity contribution is 7.99. The monoisotopic (exact) mass is 342 g/mol. The van der Waals surface area contributed by atoms with Crippen LogP contribution >= 0.6 is 23.4 Å². The molecular formula is C12H14ClF3N2O2S. The van der Waals surface area contributed by atoms with E-state index < -0.39 is 18.0 Å². The summed E-state index contributed by atoms with van der Waals surface area (Å²) < 4.78 is 36.8. The molecule has 0 fully saturated rings. The van der Waals surface area contributed by atoms with Gasteiger partial charge in [-0.25, -0.2) is 4.79 Å². The average Bonchev–Trinajstić information content (AvgIpc) is 2.37. The number of urea groups is 1. The number of aliphatic hydroxyl groups excluding tert-OH is 1. The van der Waals surface area contributed by atoms with E-state index in [0.717, 1.165) is 0 Å². The number of alkyl halides is 3. The molecule has 1 aromatic carbocycles. The van der Waals surface area contributed by atoms with Crippen molar-refractivity contribution in [1.82, 2.24) is 4.90 Å². The molecule has 4 nitrogen and oxygen atoms in total. The van der Waals surface area contributed by atoms with Crippen molar-refractivity contribution in [3.63, 3.8) is 0 Å². The number of halogens is 4. The second kappa shape index (κ2) is 7.77. The summed E-state index contributed by atoms with van der Waals surface area (Å²) in [6, 6.07) is 3.71. The van der Waals surface area contributed by atoms with Crippen molar-refractivity contribution in [2.45, 2.75) is 11.1 Å². The van der Waals surface area contributed by atoms with E-state index >= 15 is 0 Å². The molecule has 9 heteroatoms. The minimum atomic E-state index is -4.31. The lowest BCUT2D eigenvalue weighted by Crippen LogP contribution is -2.33. The van der Waals surface area contributed by atoms with Crippen LogP contribution in [0, 0.1) is 0 Å². The van der Waals surface area contributed by atoms with E-state index in [4.69, 9.17) is 16.7 Å². The van der Waals surface area contributed by atoms with E-state index in [2.05, 4.69) is 5.32 Å². The Balaban J connectivity index is 2.84. The summed E-state index contributed by atoms with van der Waals surface area (Å²) in [6.07, 6.45) is -4.31. The summed E-state index contributed by atoms with van der Waals surface area (Å²) in [5, 5.41) is 11.5. The maximum Gasteiger partial charge on any atom is 0.398 e. The third-order valence-corrected chi connectivity index (χ3v) is 3.73. The van der Waals surface area contributed by atoms with Crippen molar-refractivity contribution in [2.75, 3.05) is 31.3 Å². The Bertz CT molecular complexity index is 500. The molecule has 1 aromatic rings. The molecule has 0 bridgehead atoms. The summed E-state index contributed by atoms with van der Waals surface area (Å²) in [6.45, 7) is -0.105. The molecule has 0 aliphatic carbocycles. The Kier molecular flexibility index (Phi) is 6.63. The van der Waals surface area contributed by atoms with Crippen LogP contribution < -0.4 is 5.32 Å². The first-order valence-corrected chi connectivity index (χ1v) is 7.21. The zero-order chi connectivity index (χ0) is 16.0. The number of nitrogens with one attached hydrogen (secondary N) is 1. The summed E-state index contributed by atoms with van der Waals surface area (Å²) in [5.41, 5.74) is 0.200. The molecule has 0 aliphatic heterocycles. The number of benzene rings is 1.